The number of para-hydroxylation sites is 2. The Morgan fingerprint density at radius 1 is 0.926 bits per heavy atom. The molecule has 0 saturated heterocycles. The lowest BCUT2D eigenvalue weighted by molar-refractivity contribution is 0.218. The summed E-state index contributed by atoms with van der Waals surface area (Å²) in [7, 11) is -3.71. The van der Waals surface area contributed by atoms with Gasteiger partial charge in [0.05, 0.1) is 10.6 Å². The van der Waals surface area contributed by atoms with Crippen LogP contribution in [0, 0.1) is 0 Å². The average molecular weight is 378 g/mol. The highest BCUT2D eigenvalue weighted by atomic mass is 31.2. The van der Waals surface area contributed by atoms with Gasteiger partial charge in [-0.15, -0.1) is 5.10 Å². The van der Waals surface area contributed by atoms with E-state index >= 15 is 0 Å². The van der Waals surface area contributed by atoms with Crippen molar-refractivity contribution in [1.82, 2.24) is 20.1 Å². The molecule has 0 atom stereocenters. The highest BCUT2D eigenvalue weighted by Gasteiger charge is 2.41. The van der Waals surface area contributed by atoms with Crippen LogP contribution in [0.15, 0.2) is 71.7 Å². The van der Waals surface area contributed by atoms with Gasteiger partial charge >= 0.3 is 12.9 Å². The van der Waals surface area contributed by atoms with Gasteiger partial charge in [0.15, 0.2) is 5.52 Å². The van der Waals surface area contributed by atoms with Gasteiger partial charge in [0.1, 0.15) is 17.0 Å². The van der Waals surface area contributed by atoms with Gasteiger partial charge in [-0.3, -0.25) is 9.36 Å². The molecule has 0 saturated carbocycles. The summed E-state index contributed by atoms with van der Waals surface area (Å²) >= 11 is 0. The van der Waals surface area contributed by atoms with E-state index in [0.717, 1.165) is 0 Å². The average Bonchev–Trinajstić information content (AvgIpc) is 2.71. The summed E-state index contributed by atoms with van der Waals surface area (Å²) < 4.78 is 25.5. The van der Waals surface area contributed by atoms with E-state index in [1.807, 2.05) is 0 Å². The van der Waals surface area contributed by atoms with Crippen molar-refractivity contribution in [2.45, 2.75) is 0 Å². The Hall–Kier alpha value is -3.51. The number of hydrogen-bond donors (Lipinski definition) is 0. The van der Waals surface area contributed by atoms with E-state index in [2.05, 4.69) is 15.3 Å². The van der Waals surface area contributed by atoms with E-state index in [4.69, 9.17) is 9.36 Å². The highest BCUT2D eigenvalue weighted by molar-refractivity contribution is 7.75. The number of rotatable bonds is 2. The van der Waals surface area contributed by atoms with Crippen LogP contribution < -0.4 is 25.5 Å². The van der Waals surface area contributed by atoms with Gasteiger partial charge in [0.2, 0.25) is 0 Å². The van der Waals surface area contributed by atoms with Crippen LogP contribution in [0.3, 0.4) is 0 Å². The summed E-state index contributed by atoms with van der Waals surface area (Å²) in [4.78, 5) is 17.3. The predicted octanol–water partition coefficient (Wildman–Crippen LogP) is 1.65. The topological polar surface area (TPSA) is 96.2 Å². The molecule has 8 nitrogen and oxygen atoms in total. The maximum absolute atomic E-state index is 14.0. The standard InChI is InChI=1S/C18H11N4O4P/c23-18-17-12(6-5-11-19-17)20-21-22(18)26-27(24)15-9-3-1-7-13(15)25-14-8-2-4-10-16(14)27/h1-11H. The molecule has 0 radical (unpaired) electrons. The first-order valence-corrected chi connectivity index (χ1v) is 9.67. The van der Waals surface area contributed by atoms with Crippen molar-refractivity contribution in [3.63, 3.8) is 0 Å². The first-order valence-electron chi connectivity index (χ1n) is 8.05. The second-order valence-electron chi connectivity index (χ2n) is 5.81. The van der Waals surface area contributed by atoms with E-state index in [9.17, 15) is 9.36 Å². The molecular formula is C18H11N4O4P. The van der Waals surface area contributed by atoms with Crippen LogP contribution in [0.2, 0.25) is 0 Å². The van der Waals surface area contributed by atoms with Gasteiger partial charge in [0.25, 0.3) is 0 Å². The number of ether oxygens (including phenoxy) is 1. The van der Waals surface area contributed by atoms with E-state index in [-0.39, 0.29) is 5.52 Å². The second kappa shape index (κ2) is 5.75. The molecule has 0 bridgehead atoms. The number of hydrogen-bond acceptors (Lipinski definition) is 7. The molecule has 0 aliphatic carbocycles. The fourth-order valence-corrected chi connectivity index (χ4v) is 5.08. The molecule has 1 aliphatic rings. The largest absolute Gasteiger partial charge is 0.456 e. The number of pyridine rings is 1. The Bertz CT molecular complexity index is 1250. The van der Waals surface area contributed by atoms with Crippen LogP contribution >= 0.6 is 7.37 Å². The number of benzene rings is 2. The lowest BCUT2D eigenvalue weighted by atomic mass is 10.3. The smallest absolute Gasteiger partial charge is 0.337 e. The third-order valence-corrected chi connectivity index (χ3v) is 6.57. The van der Waals surface area contributed by atoms with Crippen molar-refractivity contribution < 1.29 is 13.9 Å². The van der Waals surface area contributed by atoms with Gasteiger partial charge in [-0.2, -0.15) is 0 Å². The highest BCUT2D eigenvalue weighted by Crippen LogP contribution is 2.50. The molecule has 132 valence electrons. The Morgan fingerprint density at radius 2 is 1.59 bits per heavy atom. The second-order valence-corrected chi connectivity index (χ2v) is 8.04. The van der Waals surface area contributed by atoms with Gasteiger partial charge in [-0.1, -0.05) is 24.3 Å². The zero-order valence-corrected chi connectivity index (χ0v) is 14.6. The Balaban J connectivity index is 1.73. The van der Waals surface area contributed by atoms with E-state index < -0.39 is 12.9 Å². The molecule has 0 amide bonds. The first kappa shape index (κ1) is 15.7. The zero-order chi connectivity index (χ0) is 18.4. The minimum Gasteiger partial charge on any atom is -0.456 e. The first-order chi connectivity index (χ1) is 13.2. The molecule has 2 aromatic carbocycles. The third-order valence-electron chi connectivity index (χ3n) is 4.17. The molecule has 5 rings (SSSR count). The zero-order valence-electron chi connectivity index (χ0n) is 13.7. The normalized spacial score (nSPS) is 14.1. The molecule has 3 heterocycles. The molecular weight excluding hydrogens is 367 g/mol. The predicted molar refractivity (Wildman–Crippen MR) is 98.0 cm³/mol. The Labute approximate surface area is 152 Å². The Morgan fingerprint density at radius 3 is 2.30 bits per heavy atom. The van der Waals surface area contributed by atoms with Crippen molar-refractivity contribution >= 4 is 29.0 Å². The van der Waals surface area contributed by atoms with Gasteiger partial charge in [-0.05, 0) is 46.5 Å². The van der Waals surface area contributed by atoms with Crippen LogP contribution in [-0.4, -0.2) is 20.1 Å². The molecule has 0 unspecified atom stereocenters. The van der Waals surface area contributed by atoms with E-state index in [0.29, 0.717) is 32.5 Å². The van der Waals surface area contributed by atoms with Crippen LogP contribution in [-0.2, 0) is 4.57 Å². The van der Waals surface area contributed by atoms with Gasteiger partial charge in [0, 0.05) is 6.20 Å². The van der Waals surface area contributed by atoms with Crippen LogP contribution in [0.1, 0.15) is 0 Å². The molecule has 0 fully saturated rings. The molecule has 9 heteroatoms. The summed E-state index contributed by atoms with van der Waals surface area (Å²) in [5, 5.41) is 8.39. The monoisotopic (exact) mass is 378 g/mol. The van der Waals surface area contributed by atoms with E-state index in [1.54, 1.807) is 60.7 Å². The maximum Gasteiger partial charge on any atom is 0.337 e. The quantitative estimate of drug-likeness (QED) is 0.489. The van der Waals surface area contributed by atoms with Gasteiger partial charge < -0.3 is 9.36 Å². The van der Waals surface area contributed by atoms with E-state index in [1.165, 1.54) is 6.20 Å². The molecule has 2 aromatic heterocycles. The molecule has 4 aromatic rings. The summed E-state index contributed by atoms with van der Waals surface area (Å²) in [5.74, 6) is 0.805. The Kier molecular flexibility index (Phi) is 3.35. The molecule has 0 spiro atoms. The lowest BCUT2D eigenvalue weighted by Gasteiger charge is -2.27. The summed E-state index contributed by atoms with van der Waals surface area (Å²) in [6.07, 6.45) is 1.47. The van der Waals surface area contributed by atoms with Crippen molar-refractivity contribution in [2.24, 2.45) is 0 Å². The molecule has 1 aliphatic heterocycles. The van der Waals surface area contributed by atoms with Crippen molar-refractivity contribution in [1.29, 1.82) is 0 Å². The molecule has 0 N–H and O–H groups in total. The molecule has 27 heavy (non-hydrogen) atoms. The minimum atomic E-state index is -3.71. The number of nitrogens with zero attached hydrogens (tertiary/aromatic N) is 4. The fourth-order valence-electron chi connectivity index (χ4n) is 2.93. The SMILES string of the molecule is O=c1c2ncccc2nnn1OP1(=O)c2ccccc2Oc2ccccc21. The number of aromatic nitrogens is 4. The van der Waals surface area contributed by atoms with Crippen LogP contribution in [0.25, 0.3) is 11.0 Å². The van der Waals surface area contributed by atoms with Crippen molar-refractivity contribution in [3.8, 4) is 11.5 Å². The van der Waals surface area contributed by atoms with Crippen LogP contribution in [0.4, 0.5) is 0 Å². The van der Waals surface area contributed by atoms with Gasteiger partial charge in [-0.25, -0.2) is 4.98 Å². The van der Waals surface area contributed by atoms with Crippen LogP contribution in [0.5, 0.6) is 11.5 Å². The minimum absolute atomic E-state index is 0.0777. The summed E-state index contributed by atoms with van der Waals surface area (Å²) in [6, 6.07) is 16.9. The summed E-state index contributed by atoms with van der Waals surface area (Å²) in [5.41, 5.74) is -0.236. The summed E-state index contributed by atoms with van der Waals surface area (Å²) in [6.45, 7) is 0. The number of fused-ring (bicyclic) bond motifs is 3. The maximum atomic E-state index is 14.0. The fraction of sp³-hybridized carbons (Fsp3) is 0. The van der Waals surface area contributed by atoms with Crippen molar-refractivity contribution in [3.05, 3.63) is 77.2 Å². The third kappa shape index (κ3) is 2.34. The lowest BCUT2D eigenvalue weighted by Crippen LogP contribution is -2.36. The van der Waals surface area contributed by atoms with Crippen molar-refractivity contribution in [2.75, 3.05) is 0 Å².